The number of amides is 1. The number of nitrogens with zero attached hydrogens (tertiary/aromatic N) is 2. The molecule has 1 aromatic heterocycles. The van der Waals surface area contributed by atoms with Crippen LogP contribution in [0.2, 0.25) is 0 Å². The van der Waals surface area contributed by atoms with E-state index in [-0.39, 0.29) is 5.91 Å². The number of benzene rings is 3. The Kier molecular flexibility index (Phi) is 7.33. The molecule has 0 atom stereocenters. The van der Waals surface area contributed by atoms with Crippen LogP contribution in [0.3, 0.4) is 0 Å². The molecule has 0 unspecified atom stereocenters. The molecule has 0 saturated carbocycles. The van der Waals surface area contributed by atoms with Crippen LogP contribution < -0.4 is 0 Å². The van der Waals surface area contributed by atoms with E-state index in [1.165, 1.54) is 18.9 Å². The Morgan fingerprint density at radius 1 is 0.946 bits per heavy atom. The van der Waals surface area contributed by atoms with Crippen molar-refractivity contribution in [3.8, 4) is 11.3 Å². The van der Waals surface area contributed by atoms with E-state index in [4.69, 9.17) is 14.1 Å². The Morgan fingerprint density at radius 2 is 1.68 bits per heavy atom. The number of carbonyl (C=O) groups excluding carboxylic acids is 2. The minimum atomic E-state index is -0.412. The van der Waals surface area contributed by atoms with Gasteiger partial charge in [-0.2, -0.15) is 0 Å². The van der Waals surface area contributed by atoms with E-state index in [1.807, 2.05) is 78.9 Å². The van der Waals surface area contributed by atoms with Gasteiger partial charge in [0.2, 0.25) is 0 Å². The van der Waals surface area contributed by atoms with Crippen molar-refractivity contribution >= 4 is 34.9 Å². The summed E-state index contributed by atoms with van der Waals surface area (Å²) in [6, 6.07) is 30.5. The van der Waals surface area contributed by atoms with Gasteiger partial charge in [0.15, 0.2) is 5.17 Å². The smallest absolute Gasteiger partial charge is 0.337 e. The van der Waals surface area contributed by atoms with Crippen molar-refractivity contribution in [2.24, 2.45) is 4.99 Å². The number of amidine groups is 1. The van der Waals surface area contributed by atoms with Crippen LogP contribution in [-0.2, 0) is 22.6 Å². The molecule has 0 spiro atoms. The number of furan rings is 1. The molecule has 1 aliphatic heterocycles. The highest BCUT2D eigenvalue weighted by atomic mass is 32.2. The van der Waals surface area contributed by atoms with Gasteiger partial charge in [-0.15, -0.1) is 0 Å². The lowest BCUT2D eigenvalue weighted by molar-refractivity contribution is -0.122. The van der Waals surface area contributed by atoms with Crippen molar-refractivity contribution in [3.63, 3.8) is 0 Å². The van der Waals surface area contributed by atoms with Gasteiger partial charge in [-0.25, -0.2) is 4.79 Å². The minimum absolute atomic E-state index is 0.119. The normalized spacial score (nSPS) is 15.5. The fourth-order valence-electron chi connectivity index (χ4n) is 3.91. The quantitative estimate of drug-likeness (QED) is 0.213. The lowest BCUT2D eigenvalue weighted by atomic mass is 10.1. The molecule has 1 amide bonds. The molecule has 6 nitrogen and oxygen atoms in total. The van der Waals surface area contributed by atoms with Crippen molar-refractivity contribution < 1.29 is 18.7 Å². The Labute approximate surface area is 219 Å². The molecule has 1 aliphatic rings. The summed E-state index contributed by atoms with van der Waals surface area (Å²) >= 11 is 1.34. The third-order valence-corrected chi connectivity index (χ3v) is 6.82. The first-order chi connectivity index (χ1) is 18.1. The molecule has 5 rings (SSSR count). The van der Waals surface area contributed by atoms with E-state index < -0.39 is 5.97 Å². The van der Waals surface area contributed by atoms with Crippen LogP contribution in [0.4, 0.5) is 0 Å². The van der Waals surface area contributed by atoms with E-state index >= 15 is 0 Å². The highest BCUT2D eigenvalue weighted by Gasteiger charge is 2.33. The SMILES string of the molecule is COC(=O)c1cccc(-c2ccc(C=C3SC(=NCc4ccccc4)N(Cc4ccccc4)C3=O)o2)c1. The third kappa shape index (κ3) is 5.73. The monoisotopic (exact) mass is 508 g/mol. The first-order valence-electron chi connectivity index (χ1n) is 11.7. The van der Waals surface area contributed by atoms with Gasteiger partial charge in [0, 0.05) is 11.6 Å². The van der Waals surface area contributed by atoms with E-state index in [9.17, 15) is 9.59 Å². The number of ether oxygens (including phenoxy) is 1. The van der Waals surface area contributed by atoms with E-state index in [2.05, 4.69) is 0 Å². The zero-order valence-corrected chi connectivity index (χ0v) is 21.0. The van der Waals surface area contributed by atoms with Crippen LogP contribution in [0.25, 0.3) is 17.4 Å². The molecule has 0 bridgehead atoms. The maximum atomic E-state index is 13.4. The van der Waals surface area contributed by atoms with Crippen molar-refractivity contribution in [3.05, 3.63) is 124 Å². The van der Waals surface area contributed by atoms with E-state index in [0.29, 0.717) is 40.2 Å². The Bertz CT molecular complexity index is 1480. The van der Waals surface area contributed by atoms with Crippen LogP contribution in [0.15, 0.2) is 111 Å². The standard InChI is InChI=1S/C30H24N2O4S/c1-35-29(34)24-14-8-13-23(17-24)26-16-15-25(36-26)18-27-28(33)32(20-22-11-6-3-7-12-22)30(37-27)31-19-21-9-4-2-5-10-21/h2-18H,19-20H2,1H3. The molecule has 37 heavy (non-hydrogen) atoms. The van der Waals surface area contributed by atoms with Crippen LogP contribution in [0, 0.1) is 0 Å². The molecular weight excluding hydrogens is 484 g/mol. The predicted molar refractivity (Wildman–Crippen MR) is 146 cm³/mol. The summed E-state index contributed by atoms with van der Waals surface area (Å²) in [5, 5.41) is 0.654. The maximum Gasteiger partial charge on any atom is 0.337 e. The lowest BCUT2D eigenvalue weighted by Crippen LogP contribution is -2.28. The summed E-state index contributed by atoms with van der Waals surface area (Å²) in [6.45, 7) is 0.915. The fourth-order valence-corrected chi connectivity index (χ4v) is 4.86. The molecule has 1 saturated heterocycles. The largest absolute Gasteiger partial charge is 0.465 e. The van der Waals surface area contributed by atoms with Gasteiger partial charge in [0.1, 0.15) is 11.5 Å². The zero-order valence-electron chi connectivity index (χ0n) is 20.2. The Balaban J connectivity index is 1.41. The molecule has 0 radical (unpaired) electrons. The molecule has 184 valence electrons. The third-order valence-electron chi connectivity index (χ3n) is 5.78. The zero-order chi connectivity index (χ0) is 25.6. The van der Waals surface area contributed by atoms with Crippen LogP contribution in [0.1, 0.15) is 27.2 Å². The predicted octanol–water partition coefficient (Wildman–Crippen LogP) is 6.41. The highest BCUT2D eigenvalue weighted by Crippen LogP contribution is 2.35. The first kappa shape index (κ1) is 24.3. The Morgan fingerprint density at radius 3 is 2.41 bits per heavy atom. The van der Waals surface area contributed by atoms with Crippen LogP contribution >= 0.6 is 11.8 Å². The summed E-state index contributed by atoms with van der Waals surface area (Å²) in [6.07, 6.45) is 1.74. The number of hydrogen-bond donors (Lipinski definition) is 0. The number of rotatable bonds is 7. The molecule has 3 aromatic carbocycles. The van der Waals surface area contributed by atoms with Gasteiger partial charge in [-0.1, -0.05) is 72.8 Å². The van der Waals surface area contributed by atoms with Gasteiger partial charge in [0.05, 0.1) is 30.7 Å². The number of aliphatic imine (C=N–C) groups is 1. The molecular formula is C30H24N2O4S. The summed E-state index contributed by atoms with van der Waals surface area (Å²) in [7, 11) is 1.35. The molecule has 7 heteroatoms. The molecule has 4 aromatic rings. The molecule has 0 aliphatic carbocycles. The van der Waals surface area contributed by atoms with E-state index in [1.54, 1.807) is 29.2 Å². The molecule has 2 heterocycles. The molecule has 0 N–H and O–H groups in total. The topological polar surface area (TPSA) is 72.1 Å². The van der Waals surface area contributed by atoms with Crippen LogP contribution in [0.5, 0.6) is 0 Å². The van der Waals surface area contributed by atoms with Gasteiger partial charge in [-0.05, 0) is 47.2 Å². The van der Waals surface area contributed by atoms with Crippen LogP contribution in [-0.4, -0.2) is 29.1 Å². The van der Waals surface area contributed by atoms with Gasteiger partial charge >= 0.3 is 5.97 Å². The van der Waals surface area contributed by atoms with Gasteiger partial charge < -0.3 is 9.15 Å². The summed E-state index contributed by atoms with van der Waals surface area (Å²) < 4.78 is 10.8. The summed E-state index contributed by atoms with van der Waals surface area (Å²) in [5.41, 5.74) is 3.28. The number of esters is 1. The maximum absolute atomic E-state index is 13.4. The minimum Gasteiger partial charge on any atom is -0.465 e. The number of hydrogen-bond acceptors (Lipinski definition) is 6. The van der Waals surface area contributed by atoms with E-state index in [0.717, 1.165) is 16.7 Å². The fraction of sp³-hybridized carbons (Fsp3) is 0.100. The number of methoxy groups -OCH3 is 1. The number of carbonyl (C=O) groups is 2. The first-order valence-corrected chi connectivity index (χ1v) is 12.5. The number of thioether (sulfide) groups is 1. The second kappa shape index (κ2) is 11.1. The summed E-state index contributed by atoms with van der Waals surface area (Å²) in [4.78, 5) is 32.3. The average Bonchev–Trinajstić information content (AvgIpc) is 3.53. The van der Waals surface area contributed by atoms with Gasteiger partial charge in [0.25, 0.3) is 5.91 Å². The second-order valence-corrected chi connectivity index (χ2v) is 9.36. The van der Waals surface area contributed by atoms with Crippen molar-refractivity contribution in [1.29, 1.82) is 0 Å². The van der Waals surface area contributed by atoms with Crippen molar-refractivity contribution in [2.45, 2.75) is 13.1 Å². The van der Waals surface area contributed by atoms with Crippen molar-refractivity contribution in [2.75, 3.05) is 7.11 Å². The molecule has 1 fully saturated rings. The highest BCUT2D eigenvalue weighted by molar-refractivity contribution is 8.18. The van der Waals surface area contributed by atoms with Gasteiger partial charge in [-0.3, -0.25) is 14.7 Å². The second-order valence-electron chi connectivity index (χ2n) is 8.35. The summed E-state index contributed by atoms with van der Waals surface area (Å²) in [5.74, 6) is 0.598. The van der Waals surface area contributed by atoms with Crippen molar-refractivity contribution in [1.82, 2.24) is 4.90 Å². The average molecular weight is 509 g/mol. The lowest BCUT2D eigenvalue weighted by Gasteiger charge is -2.15. The Hall–Kier alpha value is -4.36.